The first-order valence-electron chi connectivity index (χ1n) is 7.84. The first kappa shape index (κ1) is 17.8. The normalized spacial score (nSPS) is 10.3. The van der Waals surface area contributed by atoms with Crippen molar-refractivity contribution in [3.63, 3.8) is 0 Å². The molecule has 2 aromatic rings. The van der Waals surface area contributed by atoms with Crippen molar-refractivity contribution >= 4 is 5.91 Å². The van der Waals surface area contributed by atoms with Gasteiger partial charge in [-0.2, -0.15) is 0 Å². The van der Waals surface area contributed by atoms with E-state index in [0.29, 0.717) is 26.0 Å². The molecule has 0 unspecified atom stereocenters. The summed E-state index contributed by atoms with van der Waals surface area (Å²) in [5, 5.41) is 0. The molecule has 0 radical (unpaired) electrons. The highest BCUT2D eigenvalue weighted by Crippen LogP contribution is 2.17. The van der Waals surface area contributed by atoms with Crippen LogP contribution in [-0.4, -0.2) is 31.6 Å². The number of hydrogen-bond donors (Lipinski definition) is 0. The Morgan fingerprint density at radius 3 is 2.50 bits per heavy atom. The number of methoxy groups -OCH3 is 1. The number of benzene rings is 2. The maximum atomic E-state index is 13.1. The maximum absolute atomic E-state index is 13.1. The average Bonchev–Trinajstić information content (AvgIpc) is 2.59. The fourth-order valence-corrected chi connectivity index (χ4v) is 2.27. The highest BCUT2D eigenvalue weighted by molar-refractivity contribution is 5.75. The van der Waals surface area contributed by atoms with Gasteiger partial charge in [0.2, 0.25) is 5.91 Å². The molecular weight excluding hydrogens is 309 g/mol. The Kier molecular flexibility index (Phi) is 6.61. The zero-order valence-corrected chi connectivity index (χ0v) is 14.0. The summed E-state index contributed by atoms with van der Waals surface area (Å²) in [6, 6.07) is 13.6. The van der Waals surface area contributed by atoms with E-state index in [0.717, 1.165) is 17.1 Å². The zero-order chi connectivity index (χ0) is 17.4. The van der Waals surface area contributed by atoms with Crippen LogP contribution >= 0.6 is 0 Å². The minimum atomic E-state index is -0.291. The molecule has 0 spiro atoms. The molecule has 0 bridgehead atoms. The van der Waals surface area contributed by atoms with Crippen molar-refractivity contribution in [2.24, 2.45) is 0 Å². The SMILES string of the molecule is COc1ccc(OCCCC(=O)N(C)Cc2cccc(F)c2)cc1. The highest BCUT2D eigenvalue weighted by atomic mass is 19.1. The van der Waals surface area contributed by atoms with E-state index in [-0.39, 0.29) is 11.7 Å². The summed E-state index contributed by atoms with van der Waals surface area (Å²) in [6.45, 7) is 0.863. The maximum Gasteiger partial charge on any atom is 0.222 e. The average molecular weight is 331 g/mol. The van der Waals surface area contributed by atoms with E-state index < -0.39 is 0 Å². The van der Waals surface area contributed by atoms with E-state index in [4.69, 9.17) is 9.47 Å². The van der Waals surface area contributed by atoms with Crippen LogP contribution < -0.4 is 9.47 Å². The molecule has 0 saturated carbocycles. The van der Waals surface area contributed by atoms with E-state index in [1.54, 1.807) is 31.2 Å². The van der Waals surface area contributed by atoms with E-state index in [2.05, 4.69) is 0 Å². The molecule has 5 heteroatoms. The second kappa shape index (κ2) is 8.91. The Morgan fingerprint density at radius 1 is 1.12 bits per heavy atom. The number of ether oxygens (including phenoxy) is 2. The molecule has 0 aliphatic rings. The Bertz CT molecular complexity index is 658. The van der Waals surface area contributed by atoms with Crippen LogP contribution in [0.15, 0.2) is 48.5 Å². The second-order valence-electron chi connectivity index (χ2n) is 5.51. The van der Waals surface area contributed by atoms with Gasteiger partial charge in [-0.3, -0.25) is 4.79 Å². The number of hydrogen-bond acceptors (Lipinski definition) is 3. The lowest BCUT2D eigenvalue weighted by Crippen LogP contribution is -2.26. The minimum Gasteiger partial charge on any atom is -0.497 e. The predicted octanol–water partition coefficient (Wildman–Crippen LogP) is 3.65. The van der Waals surface area contributed by atoms with Crippen LogP contribution in [0.25, 0.3) is 0 Å². The predicted molar refractivity (Wildman–Crippen MR) is 90.6 cm³/mol. The van der Waals surface area contributed by atoms with Crippen LogP contribution in [0.3, 0.4) is 0 Å². The quantitative estimate of drug-likeness (QED) is 0.693. The van der Waals surface area contributed by atoms with Gasteiger partial charge in [-0.25, -0.2) is 4.39 Å². The molecule has 0 N–H and O–H groups in total. The van der Waals surface area contributed by atoms with Crippen LogP contribution in [0.4, 0.5) is 4.39 Å². The van der Waals surface area contributed by atoms with Gasteiger partial charge in [0.05, 0.1) is 13.7 Å². The van der Waals surface area contributed by atoms with Crippen LogP contribution in [0.5, 0.6) is 11.5 Å². The van der Waals surface area contributed by atoms with Crippen LogP contribution in [0.2, 0.25) is 0 Å². The molecule has 0 saturated heterocycles. The summed E-state index contributed by atoms with van der Waals surface area (Å²) >= 11 is 0. The van der Waals surface area contributed by atoms with Crippen molar-refractivity contribution in [3.8, 4) is 11.5 Å². The minimum absolute atomic E-state index is 0.0117. The third-order valence-electron chi connectivity index (χ3n) is 3.60. The number of halogens is 1. The van der Waals surface area contributed by atoms with Gasteiger partial charge in [0.25, 0.3) is 0 Å². The molecule has 0 fully saturated rings. The molecule has 1 amide bonds. The van der Waals surface area contributed by atoms with E-state index in [1.165, 1.54) is 12.1 Å². The number of nitrogens with zero attached hydrogens (tertiary/aromatic N) is 1. The summed E-state index contributed by atoms with van der Waals surface area (Å²) < 4.78 is 23.8. The molecule has 0 aromatic heterocycles. The summed E-state index contributed by atoms with van der Waals surface area (Å²) in [5.74, 6) is 1.24. The first-order valence-corrected chi connectivity index (χ1v) is 7.84. The second-order valence-corrected chi connectivity index (χ2v) is 5.51. The Labute approximate surface area is 141 Å². The molecule has 0 aliphatic heterocycles. The van der Waals surface area contributed by atoms with Crippen LogP contribution in [-0.2, 0) is 11.3 Å². The monoisotopic (exact) mass is 331 g/mol. The van der Waals surface area contributed by atoms with Crippen molar-refractivity contribution in [3.05, 3.63) is 59.9 Å². The van der Waals surface area contributed by atoms with Crippen molar-refractivity contribution in [2.75, 3.05) is 20.8 Å². The molecule has 2 aromatic carbocycles. The Hall–Kier alpha value is -2.56. The molecular formula is C19H22FNO3. The van der Waals surface area contributed by atoms with E-state index in [9.17, 15) is 9.18 Å². The van der Waals surface area contributed by atoms with Crippen molar-refractivity contribution in [1.29, 1.82) is 0 Å². The lowest BCUT2D eigenvalue weighted by Gasteiger charge is -2.17. The molecule has 0 atom stereocenters. The van der Waals surface area contributed by atoms with Gasteiger partial charge in [0, 0.05) is 20.0 Å². The van der Waals surface area contributed by atoms with Gasteiger partial charge in [-0.15, -0.1) is 0 Å². The lowest BCUT2D eigenvalue weighted by molar-refractivity contribution is -0.130. The fraction of sp³-hybridized carbons (Fsp3) is 0.316. The van der Waals surface area contributed by atoms with Crippen molar-refractivity contribution in [2.45, 2.75) is 19.4 Å². The molecule has 24 heavy (non-hydrogen) atoms. The third-order valence-corrected chi connectivity index (χ3v) is 3.60. The highest BCUT2D eigenvalue weighted by Gasteiger charge is 2.09. The van der Waals surface area contributed by atoms with Gasteiger partial charge in [0.15, 0.2) is 0 Å². The van der Waals surface area contributed by atoms with Crippen LogP contribution in [0, 0.1) is 5.82 Å². The third kappa shape index (κ3) is 5.57. The van der Waals surface area contributed by atoms with Gasteiger partial charge < -0.3 is 14.4 Å². The fourth-order valence-electron chi connectivity index (χ4n) is 2.27. The van der Waals surface area contributed by atoms with Gasteiger partial charge in [-0.05, 0) is 48.4 Å². The molecule has 2 rings (SSSR count). The zero-order valence-electron chi connectivity index (χ0n) is 14.0. The van der Waals surface area contributed by atoms with Gasteiger partial charge in [-0.1, -0.05) is 12.1 Å². The number of amides is 1. The molecule has 128 valence electrons. The van der Waals surface area contributed by atoms with Crippen molar-refractivity contribution < 1.29 is 18.7 Å². The summed E-state index contributed by atoms with van der Waals surface area (Å²) in [7, 11) is 3.33. The standard InChI is InChI=1S/C19H22FNO3/c1-21(14-15-5-3-6-16(20)13-15)19(22)7-4-12-24-18-10-8-17(23-2)9-11-18/h3,5-6,8-11,13H,4,7,12,14H2,1-2H3. The van der Waals surface area contributed by atoms with E-state index >= 15 is 0 Å². The Morgan fingerprint density at radius 2 is 1.83 bits per heavy atom. The van der Waals surface area contributed by atoms with Gasteiger partial charge >= 0.3 is 0 Å². The first-order chi connectivity index (χ1) is 11.6. The Balaban J connectivity index is 1.70. The number of carbonyl (C=O) groups is 1. The van der Waals surface area contributed by atoms with Crippen LogP contribution in [0.1, 0.15) is 18.4 Å². The topological polar surface area (TPSA) is 38.8 Å². The molecule has 0 aliphatic carbocycles. The lowest BCUT2D eigenvalue weighted by atomic mass is 10.2. The molecule has 4 nitrogen and oxygen atoms in total. The largest absolute Gasteiger partial charge is 0.497 e. The smallest absolute Gasteiger partial charge is 0.222 e. The summed E-state index contributed by atoms with van der Waals surface area (Å²) in [6.07, 6.45) is 1.01. The van der Waals surface area contributed by atoms with E-state index in [1.807, 2.05) is 24.3 Å². The van der Waals surface area contributed by atoms with Crippen molar-refractivity contribution in [1.82, 2.24) is 4.90 Å². The van der Waals surface area contributed by atoms with Gasteiger partial charge in [0.1, 0.15) is 17.3 Å². The molecule has 0 heterocycles. The number of rotatable bonds is 8. The number of carbonyl (C=O) groups excluding carboxylic acids is 1. The summed E-state index contributed by atoms with van der Waals surface area (Å²) in [4.78, 5) is 13.7. The summed E-state index contributed by atoms with van der Waals surface area (Å²) in [5.41, 5.74) is 0.778.